The number of nitrogens with zero attached hydrogens (tertiary/aromatic N) is 1. The molecule has 0 bridgehead atoms. The van der Waals surface area contributed by atoms with Crippen molar-refractivity contribution in [2.24, 2.45) is 0 Å². The number of hydrogen-bond acceptors (Lipinski definition) is 3. The summed E-state index contributed by atoms with van der Waals surface area (Å²) in [4.78, 5) is 25.4. The summed E-state index contributed by atoms with van der Waals surface area (Å²) in [7, 11) is -4.60. The number of aromatic amines is 1. The molecule has 10 heteroatoms. The fourth-order valence-electron chi connectivity index (χ4n) is 2.85. The maximum absolute atomic E-state index is 13.3. The van der Waals surface area contributed by atoms with E-state index in [-0.39, 0.29) is 28.2 Å². The van der Waals surface area contributed by atoms with E-state index in [9.17, 15) is 17.7 Å². The summed E-state index contributed by atoms with van der Waals surface area (Å²) in [5.74, 6) is 0.0632. The van der Waals surface area contributed by atoms with E-state index >= 15 is 0 Å². The molecule has 6 nitrogen and oxygen atoms in total. The highest BCUT2D eigenvalue weighted by Crippen LogP contribution is 2.38. The average Bonchev–Trinajstić information content (AvgIpc) is 3.27. The molecule has 0 fully saturated rings. The number of rotatable bonds is 3. The second-order valence-corrected chi connectivity index (χ2v) is 7.58. The second-order valence-electron chi connectivity index (χ2n) is 6.05. The first-order valence-corrected chi connectivity index (χ1v) is 9.57. The topological polar surface area (TPSA) is 99.4 Å². The van der Waals surface area contributed by atoms with Gasteiger partial charge in [-0.1, -0.05) is 30.3 Å². The van der Waals surface area contributed by atoms with Gasteiger partial charge in [0.25, 0.3) is 0 Å². The molecule has 0 aliphatic rings. The molecule has 0 saturated carbocycles. The standard InChI is InChI=1S/C18H12F3N2O4P/c19-18(20,21)11-8-12(10-4-2-1-3-5-10)16-13(9-11)22-17(23-16)14-6-7-15(27-14)28(24,25)26/h1-9H,(H,22,23)(H2,24,25,26). The number of furan rings is 1. The molecule has 0 unspecified atom stereocenters. The van der Waals surface area contributed by atoms with Crippen LogP contribution >= 0.6 is 7.60 Å². The maximum atomic E-state index is 13.3. The fraction of sp³-hybridized carbons (Fsp3) is 0.0556. The minimum absolute atomic E-state index is 0.00194. The molecule has 0 aliphatic carbocycles. The van der Waals surface area contributed by atoms with Crippen LogP contribution in [0.3, 0.4) is 0 Å². The SMILES string of the molecule is O=P(O)(O)c1ccc(-c2nc3c(-c4ccccc4)cc(C(F)(F)F)cc3[nH]2)o1. The summed E-state index contributed by atoms with van der Waals surface area (Å²) in [6.07, 6.45) is -4.55. The molecule has 0 spiro atoms. The third-order valence-electron chi connectivity index (χ3n) is 4.11. The number of benzene rings is 2. The van der Waals surface area contributed by atoms with Gasteiger partial charge in [-0.3, -0.25) is 4.57 Å². The van der Waals surface area contributed by atoms with Crippen LogP contribution in [0.5, 0.6) is 0 Å². The third kappa shape index (κ3) is 3.35. The Hall–Kier alpha value is -2.87. The van der Waals surface area contributed by atoms with Gasteiger partial charge >= 0.3 is 13.8 Å². The lowest BCUT2D eigenvalue weighted by molar-refractivity contribution is -0.137. The smallest absolute Gasteiger partial charge is 0.416 e. The summed E-state index contributed by atoms with van der Waals surface area (Å²) >= 11 is 0. The quantitative estimate of drug-likeness (QED) is 0.439. The lowest BCUT2D eigenvalue weighted by atomic mass is 10.0. The predicted octanol–water partition coefficient (Wildman–Crippen LogP) is 4.31. The molecule has 0 saturated heterocycles. The van der Waals surface area contributed by atoms with Crippen LogP contribution in [0.25, 0.3) is 33.7 Å². The van der Waals surface area contributed by atoms with E-state index in [0.29, 0.717) is 5.56 Å². The van der Waals surface area contributed by atoms with Crippen molar-refractivity contribution in [2.45, 2.75) is 6.18 Å². The molecule has 2 aromatic carbocycles. The summed E-state index contributed by atoms with van der Waals surface area (Å²) in [5, 5.41) is 0. The van der Waals surface area contributed by atoms with E-state index in [4.69, 9.17) is 14.2 Å². The molecule has 2 heterocycles. The van der Waals surface area contributed by atoms with Crippen molar-refractivity contribution in [3.63, 3.8) is 0 Å². The van der Waals surface area contributed by atoms with Crippen LogP contribution in [0.1, 0.15) is 5.56 Å². The normalized spacial score (nSPS) is 12.6. The Morgan fingerprint density at radius 1 is 1.04 bits per heavy atom. The second kappa shape index (κ2) is 6.34. The number of alkyl halides is 3. The lowest BCUT2D eigenvalue weighted by Gasteiger charge is -2.10. The molecule has 0 aliphatic heterocycles. The highest BCUT2D eigenvalue weighted by atomic mass is 31.2. The van der Waals surface area contributed by atoms with Crippen molar-refractivity contribution in [2.75, 3.05) is 0 Å². The zero-order valence-corrected chi connectivity index (χ0v) is 14.8. The van der Waals surface area contributed by atoms with Gasteiger partial charge in [-0.2, -0.15) is 13.2 Å². The molecule has 4 aromatic rings. The Kier molecular flexibility index (Phi) is 4.19. The van der Waals surface area contributed by atoms with E-state index in [1.165, 1.54) is 6.07 Å². The lowest BCUT2D eigenvalue weighted by Crippen LogP contribution is -2.05. The van der Waals surface area contributed by atoms with Crippen LogP contribution in [0.4, 0.5) is 13.2 Å². The number of aromatic nitrogens is 2. The number of fused-ring (bicyclic) bond motifs is 1. The molecule has 0 amide bonds. The molecular weight excluding hydrogens is 396 g/mol. The summed E-state index contributed by atoms with van der Waals surface area (Å²) in [5.41, 5.74) is -0.172. The number of H-pyrrole nitrogens is 1. The number of hydrogen-bond donors (Lipinski definition) is 3. The van der Waals surface area contributed by atoms with Gasteiger partial charge in [0.15, 0.2) is 11.6 Å². The monoisotopic (exact) mass is 408 g/mol. The Labute approximate surface area is 155 Å². The zero-order valence-electron chi connectivity index (χ0n) is 13.9. The van der Waals surface area contributed by atoms with Gasteiger partial charge in [-0.15, -0.1) is 0 Å². The van der Waals surface area contributed by atoms with Crippen LogP contribution < -0.4 is 5.50 Å². The molecule has 4 rings (SSSR count). The first kappa shape index (κ1) is 18.5. The minimum Gasteiger partial charge on any atom is -0.445 e. The minimum atomic E-state index is -4.60. The van der Waals surface area contributed by atoms with Gasteiger partial charge in [0.05, 0.1) is 16.6 Å². The van der Waals surface area contributed by atoms with E-state index in [2.05, 4.69) is 9.97 Å². The van der Waals surface area contributed by atoms with E-state index in [1.807, 2.05) is 0 Å². The first-order valence-electron chi connectivity index (χ1n) is 7.95. The van der Waals surface area contributed by atoms with Crippen molar-refractivity contribution in [3.05, 3.63) is 60.2 Å². The van der Waals surface area contributed by atoms with Crippen molar-refractivity contribution >= 4 is 24.1 Å². The van der Waals surface area contributed by atoms with Crippen LogP contribution in [0, 0.1) is 0 Å². The summed E-state index contributed by atoms with van der Waals surface area (Å²) < 4.78 is 56.4. The highest BCUT2D eigenvalue weighted by molar-refractivity contribution is 7.59. The van der Waals surface area contributed by atoms with Gasteiger partial charge in [-0.05, 0) is 29.8 Å². The van der Waals surface area contributed by atoms with Gasteiger partial charge in [-0.25, -0.2) is 4.98 Å². The molecular formula is C18H12F3N2O4P. The predicted molar refractivity (Wildman–Crippen MR) is 95.9 cm³/mol. The molecule has 0 atom stereocenters. The number of nitrogens with one attached hydrogen (secondary N) is 1. The van der Waals surface area contributed by atoms with Gasteiger partial charge in [0, 0.05) is 5.56 Å². The Morgan fingerprint density at radius 2 is 1.75 bits per heavy atom. The van der Waals surface area contributed by atoms with E-state index < -0.39 is 24.8 Å². The van der Waals surface area contributed by atoms with Crippen LogP contribution in [0.2, 0.25) is 0 Å². The Bertz CT molecular complexity index is 1210. The van der Waals surface area contributed by atoms with Crippen LogP contribution in [-0.4, -0.2) is 19.8 Å². The molecule has 2 aromatic heterocycles. The summed E-state index contributed by atoms with van der Waals surface area (Å²) in [6, 6.07) is 12.8. The largest absolute Gasteiger partial charge is 0.445 e. The van der Waals surface area contributed by atoms with Crippen molar-refractivity contribution in [1.29, 1.82) is 0 Å². The number of imidazole rings is 1. The third-order valence-corrected chi connectivity index (χ3v) is 4.93. The highest BCUT2D eigenvalue weighted by Gasteiger charge is 2.32. The molecule has 28 heavy (non-hydrogen) atoms. The Balaban J connectivity index is 1.93. The van der Waals surface area contributed by atoms with Gasteiger partial charge in [0.2, 0.25) is 5.50 Å². The fourth-order valence-corrected chi connectivity index (χ4v) is 3.33. The first-order chi connectivity index (χ1) is 13.1. The van der Waals surface area contributed by atoms with Crippen molar-refractivity contribution in [1.82, 2.24) is 9.97 Å². The van der Waals surface area contributed by atoms with Crippen molar-refractivity contribution < 1.29 is 31.9 Å². The van der Waals surface area contributed by atoms with E-state index in [0.717, 1.165) is 18.2 Å². The average molecular weight is 408 g/mol. The van der Waals surface area contributed by atoms with Gasteiger partial charge in [0.1, 0.15) is 0 Å². The molecule has 3 N–H and O–H groups in total. The van der Waals surface area contributed by atoms with Gasteiger partial charge < -0.3 is 19.2 Å². The van der Waals surface area contributed by atoms with Crippen LogP contribution in [0.15, 0.2) is 59.0 Å². The van der Waals surface area contributed by atoms with Crippen LogP contribution in [-0.2, 0) is 10.7 Å². The molecule has 0 radical (unpaired) electrons. The van der Waals surface area contributed by atoms with Crippen molar-refractivity contribution in [3.8, 4) is 22.7 Å². The number of halogens is 3. The summed E-state index contributed by atoms with van der Waals surface area (Å²) in [6.45, 7) is 0. The molecule has 144 valence electrons. The maximum Gasteiger partial charge on any atom is 0.416 e. The Morgan fingerprint density at radius 3 is 2.36 bits per heavy atom. The van der Waals surface area contributed by atoms with E-state index in [1.54, 1.807) is 30.3 Å². The zero-order chi connectivity index (χ0) is 20.1.